The highest BCUT2D eigenvalue weighted by molar-refractivity contribution is 6.37. The van der Waals surface area contributed by atoms with Crippen molar-refractivity contribution in [3.63, 3.8) is 0 Å². The van der Waals surface area contributed by atoms with Crippen LogP contribution >= 0.6 is 23.2 Å². The van der Waals surface area contributed by atoms with Crippen LogP contribution in [0.5, 0.6) is 5.75 Å². The largest absolute Gasteiger partial charge is 0.489 e. The predicted octanol–water partition coefficient (Wildman–Crippen LogP) is 4.61. The molecule has 7 heteroatoms. The molecule has 0 saturated heterocycles. The van der Waals surface area contributed by atoms with E-state index in [1.54, 1.807) is 19.9 Å². The minimum absolute atomic E-state index is 0.0542. The second-order valence-electron chi connectivity index (χ2n) is 6.39. The van der Waals surface area contributed by atoms with Gasteiger partial charge in [-0.2, -0.15) is 0 Å². The SMILES string of the molecule is CC(C)Oc1cc(NC(=O)CC(C)(C)CC(=O)O)c(Cl)cc1Cl. The number of rotatable bonds is 7. The number of ether oxygens (including phenoxy) is 1. The van der Waals surface area contributed by atoms with Gasteiger partial charge in [0.2, 0.25) is 5.91 Å². The second-order valence-corrected chi connectivity index (χ2v) is 7.20. The van der Waals surface area contributed by atoms with Gasteiger partial charge in [-0.1, -0.05) is 37.0 Å². The van der Waals surface area contributed by atoms with E-state index in [4.69, 9.17) is 33.0 Å². The average Bonchev–Trinajstić information content (AvgIpc) is 2.31. The summed E-state index contributed by atoms with van der Waals surface area (Å²) in [7, 11) is 0. The molecule has 0 spiro atoms. The zero-order valence-electron chi connectivity index (χ0n) is 13.6. The summed E-state index contributed by atoms with van der Waals surface area (Å²) >= 11 is 12.1. The van der Waals surface area contributed by atoms with Gasteiger partial charge in [-0.3, -0.25) is 9.59 Å². The van der Waals surface area contributed by atoms with Crippen LogP contribution in [0.2, 0.25) is 10.0 Å². The molecule has 0 aromatic heterocycles. The van der Waals surface area contributed by atoms with E-state index >= 15 is 0 Å². The van der Waals surface area contributed by atoms with Crippen molar-refractivity contribution in [2.24, 2.45) is 5.41 Å². The molecule has 2 N–H and O–H groups in total. The van der Waals surface area contributed by atoms with Crippen LogP contribution < -0.4 is 10.1 Å². The Balaban J connectivity index is 2.87. The van der Waals surface area contributed by atoms with Crippen LogP contribution in [0.1, 0.15) is 40.5 Å². The molecular formula is C16H21Cl2NO4. The molecule has 1 rings (SSSR count). The van der Waals surface area contributed by atoms with Crippen molar-refractivity contribution in [3.8, 4) is 5.75 Å². The normalized spacial score (nSPS) is 11.4. The zero-order chi connectivity index (χ0) is 17.8. The minimum Gasteiger partial charge on any atom is -0.489 e. The van der Waals surface area contributed by atoms with Crippen LogP contribution in [0.15, 0.2) is 12.1 Å². The van der Waals surface area contributed by atoms with Crippen LogP contribution in [-0.2, 0) is 9.59 Å². The van der Waals surface area contributed by atoms with E-state index in [0.717, 1.165) is 0 Å². The fraction of sp³-hybridized carbons (Fsp3) is 0.500. The number of carbonyl (C=O) groups is 2. The quantitative estimate of drug-likeness (QED) is 0.743. The molecule has 0 radical (unpaired) electrons. The van der Waals surface area contributed by atoms with Gasteiger partial charge < -0.3 is 15.2 Å². The first kappa shape index (κ1) is 19.6. The molecule has 0 aliphatic rings. The van der Waals surface area contributed by atoms with Crippen LogP contribution in [-0.4, -0.2) is 23.1 Å². The molecule has 0 unspecified atom stereocenters. The molecule has 0 atom stereocenters. The molecule has 1 aromatic carbocycles. The third-order valence-corrected chi connectivity index (χ3v) is 3.54. The van der Waals surface area contributed by atoms with Crippen molar-refractivity contribution in [2.45, 2.75) is 46.6 Å². The Morgan fingerprint density at radius 2 is 1.83 bits per heavy atom. The Hall–Kier alpha value is -1.46. The number of anilines is 1. The number of hydrogen-bond donors (Lipinski definition) is 2. The van der Waals surface area contributed by atoms with Crippen molar-refractivity contribution < 1.29 is 19.4 Å². The molecule has 23 heavy (non-hydrogen) atoms. The molecule has 0 saturated carbocycles. The maximum atomic E-state index is 12.1. The number of amides is 1. The van der Waals surface area contributed by atoms with Crippen LogP contribution in [0.3, 0.4) is 0 Å². The topological polar surface area (TPSA) is 75.6 Å². The van der Waals surface area contributed by atoms with Crippen molar-refractivity contribution in [2.75, 3.05) is 5.32 Å². The lowest BCUT2D eigenvalue weighted by molar-refractivity contribution is -0.139. The van der Waals surface area contributed by atoms with Crippen molar-refractivity contribution in [3.05, 3.63) is 22.2 Å². The Morgan fingerprint density at radius 3 is 2.35 bits per heavy atom. The first-order valence-electron chi connectivity index (χ1n) is 7.17. The monoisotopic (exact) mass is 361 g/mol. The molecule has 128 valence electrons. The van der Waals surface area contributed by atoms with E-state index in [1.807, 2.05) is 13.8 Å². The van der Waals surface area contributed by atoms with Crippen molar-refractivity contribution >= 4 is 40.8 Å². The Bertz CT molecular complexity index is 600. The number of carbonyl (C=O) groups excluding carboxylic acids is 1. The van der Waals surface area contributed by atoms with Crippen LogP contribution in [0.25, 0.3) is 0 Å². The number of carboxylic acid groups (broad SMARTS) is 1. The highest BCUT2D eigenvalue weighted by atomic mass is 35.5. The lowest BCUT2D eigenvalue weighted by Crippen LogP contribution is -2.25. The fourth-order valence-corrected chi connectivity index (χ4v) is 2.55. The number of benzene rings is 1. The van der Waals surface area contributed by atoms with Gasteiger partial charge in [0.1, 0.15) is 5.75 Å². The van der Waals surface area contributed by atoms with Crippen molar-refractivity contribution in [1.82, 2.24) is 0 Å². The third kappa shape index (κ3) is 6.67. The van der Waals surface area contributed by atoms with E-state index in [0.29, 0.717) is 16.5 Å². The minimum atomic E-state index is -0.944. The predicted molar refractivity (Wildman–Crippen MR) is 91.5 cm³/mol. The lowest BCUT2D eigenvalue weighted by atomic mass is 9.85. The molecule has 0 aliphatic carbocycles. The number of aliphatic carboxylic acids is 1. The maximum Gasteiger partial charge on any atom is 0.303 e. The number of carboxylic acids is 1. The smallest absolute Gasteiger partial charge is 0.303 e. The standard InChI is InChI=1S/C16H21Cl2NO4/c1-9(2)23-13-6-12(10(17)5-11(13)18)19-14(20)7-16(3,4)8-15(21)22/h5-6,9H,7-8H2,1-4H3,(H,19,20)(H,21,22). The summed E-state index contributed by atoms with van der Waals surface area (Å²) in [5.41, 5.74) is -0.283. The van der Waals surface area contributed by atoms with E-state index < -0.39 is 11.4 Å². The third-order valence-electron chi connectivity index (χ3n) is 2.93. The molecule has 0 bridgehead atoms. The fourth-order valence-electron chi connectivity index (χ4n) is 2.07. The number of nitrogens with one attached hydrogen (secondary N) is 1. The van der Waals surface area contributed by atoms with E-state index in [2.05, 4.69) is 5.32 Å². The summed E-state index contributed by atoms with van der Waals surface area (Å²) in [6.45, 7) is 7.16. The average molecular weight is 362 g/mol. The number of halogens is 2. The molecule has 0 fully saturated rings. The van der Waals surface area contributed by atoms with E-state index in [-0.39, 0.29) is 29.9 Å². The zero-order valence-corrected chi connectivity index (χ0v) is 15.1. The highest BCUT2D eigenvalue weighted by Gasteiger charge is 2.25. The van der Waals surface area contributed by atoms with Crippen LogP contribution in [0, 0.1) is 5.41 Å². The van der Waals surface area contributed by atoms with Gasteiger partial charge in [0.25, 0.3) is 0 Å². The van der Waals surface area contributed by atoms with Gasteiger partial charge in [-0.15, -0.1) is 0 Å². The lowest BCUT2D eigenvalue weighted by Gasteiger charge is -2.22. The Kier molecular flexibility index (Phi) is 6.71. The summed E-state index contributed by atoms with van der Waals surface area (Å²) in [5.74, 6) is -0.845. The Labute approximate surface area is 145 Å². The van der Waals surface area contributed by atoms with Gasteiger partial charge >= 0.3 is 5.97 Å². The van der Waals surface area contributed by atoms with Gasteiger partial charge in [-0.05, 0) is 25.3 Å². The first-order valence-corrected chi connectivity index (χ1v) is 7.93. The summed E-state index contributed by atoms with van der Waals surface area (Å²) in [5, 5.41) is 12.2. The molecule has 5 nitrogen and oxygen atoms in total. The molecular weight excluding hydrogens is 341 g/mol. The summed E-state index contributed by atoms with van der Waals surface area (Å²) in [6, 6.07) is 3.06. The van der Waals surface area contributed by atoms with Gasteiger partial charge in [0.15, 0.2) is 0 Å². The highest BCUT2D eigenvalue weighted by Crippen LogP contribution is 2.35. The molecule has 0 aliphatic heterocycles. The van der Waals surface area contributed by atoms with Gasteiger partial charge in [0.05, 0.1) is 28.3 Å². The second kappa shape index (κ2) is 7.88. The van der Waals surface area contributed by atoms with E-state index in [9.17, 15) is 9.59 Å². The molecule has 0 heterocycles. The molecule has 1 amide bonds. The Morgan fingerprint density at radius 1 is 1.22 bits per heavy atom. The maximum absolute atomic E-state index is 12.1. The summed E-state index contributed by atoms with van der Waals surface area (Å²) in [4.78, 5) is 23.0. The van der Waals surface area contributed by atoms with Crippen molar-refractivity contribution in [1.29, 1.82) is 0 Å². The summed E-state index contributed by atoms with van der Waals surface area (Å²) in [6.07, 6.45) is -0.124. The first-order chi connectivity index (χ1) is 10.5. The van der Waals surface area contributed by atoms with Gasteiger partial charge in [0, 0.05) is 12.5 Å². The molecule has 1 aromatic rings. The summed E-state index contributed by atoms with van der Waals surface area (Å²) < 4.78 is 5.56. The van der Waals surface area contributed by atoms with Crippen LogP contribution in [0.4, 0.5) is 5.69 Å². The van der Waals surface area contributed by atoms with E-state index in [1.165, 1.54) is 6.07 Å². The number of hydrogen-bond acceptors (Lipinski definition) is 3. The van der Waals surface area contributed by atoms with Gasteiger partial charge in [-0.25, -0.2) is 0 Å².